The minimum atomic E-state index is 0.646. The van der Waals surface area contributed by atoms with Crippen LogP contribution in [0.3, 0.4) is 0 Å². The molecule has 0 unspecified atom stereocenters. The highest BCUT2D eigenvalue weighted by molar-refractivity contribution is 5.73. The Labute approximate surface area is 71.1 Å². The minimum Gasteiger partial charge on any atom is -0.380 e. The molecule has 0 saturated heterocycles. The summed E-state index contributed by atoms with van der Waals surface area (Å²) in [4.78, 5) is 0. The van der Waals surface area contributed by atoms with Gasteiger partial charge >= 0.3 is 0 Å². The zero-order chi connectivity index (χ0) is 8.39. The van der Waals surface area contributed by atoms with E-state index in [1.165, 1.54) is 0 Å². The smallest absolute Gasteiger partial charge is 0.0966 e. The van der Waals surface area contributed by atoms with Crippen molar-refractivity contribution in [3.8, 4) is 6.07 Å². The summed E-state index contributed by atoms with van der Waals surface area (Å²) in [6.45, 7) is 0.646. The number of para-hydroxylation sites is 1. The molecule has 2 nitrogen and oxygen atoms in total. The summed E-state index contributed by atoms with van der Waals surface area (Å²) in [5.74, 6) is 0. The first-order chi connectivity index (χ1) is 5.90. The topological polar surface area (TPSA) is 35.8 Å². The van der Waals surface area contributed by atoms with Crippen LogP contribution in [0.25, 0.3) is 6.08 Å². The Kier molecular flexibility index (Phi) is 1.56. The Morgan fingerprint density at radius 3 is 3.00 bits per heavy atom. The molecule has 1 aliphatic heterocycles. The summed E-state index contributed by atoms with van der Waals surface area (Å²) in [5, 5.41) is 11.8. The molecular formula is C10H8N2. The van der Waals surface area contributed by atoms with E-state index in [4.69, 9.17) is 5.26 Å². The molecule has 1 N–H and O–H groups in total. The molecule has 1 aliphatic rings. The summed E-state index contributed by atoms with van der Waals surface area (Å²) >= 11 is 0. The maximum atomic E-state index is 8.66. The van der Waals surface area contributed by atoms with Crippen LogP contribution < -0.4 is 5.32 Å². The lowest BCUT2D eigenvalue weighted by Crippen LogP contribution is -2.08. The lowest BCUT2D eigenvalue weighted by Gasteiger charge is -2.13. The largest absolute Gasteiger partial charge is 0.380 e. The molecule has 0 atom stereocenters. The second kappa shape index (κ2) is 2.71. The number of fused-ring (bicyclic) bond motifs is 1. The molecule has 0 bridgehead atoms. The van der Waals surface area contributed by atoms with Crippen LogP contribution in [0, 0.1) is 11.3 Å². The van der Waals surface area contributed by atoms with E-state index in [0.29, 0.717) is 6.54 Å². The monoisotopic (exact) mass is 156 g/mol. The van der Waals surface area contributed by atoms with Crippen molar-refractivity contribution in [2.45, 2.75) is 0 Å². The third-order valence-corrected chi connectivity index (χ3v) is 1.90. The lowest BCUT2D eigenvalue weighted by molar-refractivity contribution is 1.24. The van der Waals surface area contributed by atoms with Crippen LogP contribution in [0.1, 0.15) is 5.56 Å². The molecule has 58 valence electrons. The van der Waals surface area contributed by atoms with Crippen LogP contribution in [0.5, 0.6) is 0 Å². The summed E-state index contributed by atoms with van der Waals surface area (Å²) in [6.07, 6.45) is 1.92. The number of nitrogens with zero attached hydrogens (tertiary/aromatic N) is 1. The Balaban J connectivity index is 2.49. The highest BCUT2D eigenvalue weighted by atomic mass is 14.9. The third-order valence-electron chi connectivity index (χ3n) is 1.90. The van der Waals surface area contributed by atoms with Gasteiger partial charge in [0.1, 0.15) is 0 Å². The molecule has 0 radical (unpaired) electrons. The van der Waals surface area contributed by atoms with Gasteiger partial charge in [0.2, 0.25) is 0 Å². The summed E-state index contributed by atoms with van der Waals surface area (Å²) in [7, 11) is 0. The molecule has 0 fully saturated rings. The molecule has 2 heteroatoms. The second-order valence-electron chi connectivity index (χ2n) is 2.72. The van der Waals surface area contributed by atoms with Gasteiger partial charge in [0.05, 0.1) is 12.6 Å². The maximum absolute atomic E-state index is 8.66. The van der Waals surface area contributed by atoms with Gasteiger partial charge in [-0.3, -0.25) is 0 Å². The Morgan fingerprint density at radius 1 is 1.33 bits per heavy atom. The first-order valence-electron chi connectivity index (χ1n) is 3.84. The van der Waals surface area contributed by atoms with E-state index < -0.39 is 0 Å². The molecule has 1 aromatic rings. The molecule has 12 heavy (non-hydrogen) atoms. The van der Waals surface area contributed by atoms with Crippen molar-refractivity contribution in [3.05, 3.63) is 35.4 Å². The van der Waals surface area contributed by atoms with E-state index in [1.807, 2.05) is 30.3 Å². The van der Waals surface area contributed by atoms with Crippen molar-refractivity contribution >= 4 is 11.8 Å². The fraction of sp³-hybridized carbons (Fsp3) is 0.100. The van der Waals surface area contributed by atoms with Gasteiger partial charge in [0, 0.05) is 11.3 Å². The average Bonchev–Trinajstić information content (AvgIpc) is 2.17. The Morgan fingerprint density at radius 2 is 2.17 bits per heavy atom. The Hall–Kier alpha value is -1.75. The van der Waals surface area contributed by atoms with Gasteiger partial charge in [-0.2, -0.15) is 5.26 Å². The molecule has 2 rings (SSSR count). The molecule has 1 heterocycles. The number of hydrogen-bond acceptors (Lipinski definition) is 2. The van der Waals surface area contributed by atoms with E-state index in [1.54, 1.807) is 0 Å². The fourth-order valence-corrected chi connectivity index (χ4v) is 1.28. The van der Waals surface area contributed by atoms with Crippen molar-refractivity contribution in [3.63, 3.8) is 0 Å². The van der Waals surface area contributed by atoms with Crippen molar-refractivity contribution < 1.29 is 0 Å². The van der Waals surface area contributed by atoms with Crippen LogP contribution in [0.15, 0.2) is 29.8 Å². The van der Waals surface area contributed by atoms with Gasteiger partial charge in [-0.15, -0.1) is 0 Å². The quantitative estimate of drug-likeness (QED) is 0.623. The number of benzene rings is 1. The number of nitrogens with one attached hydrogen (secondary N) is 1. The summed E-state index contributed by atoms with van der Waals surface area (Å²) in [6, 6.07) is 10.1. The standard InChI is InChI=1S/C10H8N2/c11-6-8-5-9-3-1-2-4-10(9)12-7-8/h1-5,12H,7H2. The number of anilines is 1. The van der Waals surface area contributed by atoms with Crippen LogP contribution in [-0.4, -0.2) is 6.54 Å². The zero-order valence-corrected chi connectivity index (χ0v) is 6.54. The molecule has 0 spiro atoms. The lowest BCUT2D eigenvalue weighted by atomic mass is 10.1. The van der Waals surface area contributed by atoms with Gasteiger partial charge < -0.3 is 5.32 Å². The molecule has 0 aromatic heterocycles. The van der Waals surface area contributed by atoms with Gasteiger partial charge in [-0.1, -0.05) is 18.2 Å². The maximum Gasteiger partial charge on any atom is 0.0966 e. The summed E-state index contributed by atoms with van der Waals surface area (Å²) in [5.41, 5.74) is 2.99. The predicted molar refractivity (Wildman–Crippen MR) is 48.5 cm³/mol. The van der Waals surface area contributed by atoms with Crippen molar-refractivity contribution in [2.75, 3.05) is 11.9 Å². The highest BCUT2D eigenvalue weighted by Gasteiger charge is 2.06. The number of hydrogen-bond donors (Lipinski definition) is 1. The normalized spacial score (nSPS) is 13.8. The number of rotatable bonds is 0. The van der Waals surface area contributed by atoms with E-state index >= 15 is 0 Å². The third kappa shape index (κ3) is 1.06. The summed E-state index contributed by atoms with van der Waals surface area (Å²) < 4.78 is 0. The van der Waals surface area contributed by atoms with Crippen molar-refractivity contribution in [1.29, 1.82) is 5.26 Å². The van der Waals surface area contributed by atoms with Crippen LogP contribution >= 0.6 is 0 Å². The van der Waals surface area contributed by atoms with Gasteiger partial charge in [-0.05, 0) is 17.7 Å². The van der Waals surface area contributed by atoms with E-state index in [-0.39, 0.29) is 0 Å². The number of nitriles is 1. The minimum absolute atomic E-state index is 0.646. The van der Waals surface area contributed by atoms with E-state index in [9.17, 15) is 0 Å². The predicted octanol–water partition coefficient (Wildman–Crippen LogP) is 2.02. The van der Waals surface area contributed by atoms with Crippen molar-refractivity contribution in [2.24, 2.45) is 0 Å². The van der Waals surface area contributed by atoms with Gasteiger partial charge in [0.15, 0.2) is 0 Å². The van der Waals surface area contributed by atoms with Gasteiger partial charge in [-0.25, -0.2) is 0 Å². The van der Waals surface area contributed by atoms with Gasteiger partial charge in [0.25, 0.3) is 0 Å². The van der Waals surface area contributed by atoms with Crippen molar-refractivity contribution in [1.82, 2.24) is 0 Å². The fourth-order valence-electron chi connectivity index (χ4n) is 1.28. The molecular weight excluding hydrogens is 148 g/mol. The SMILES string of the molecule is N#CC1=Cc2ccccc2NC1. The molecule has 0 aliphatic carbocycles. The molecule has 0 amide bonds. The van der Waals surface area contributed by atoms with Crippen LogP contribution in [-0.2, 0) is 0 Å². The first kappa shape index (κ1) is 6.93. The van der Waals surface area contributed by atoms with Crippen LogP contribution in [0.4, 0.5) is 5.69 Å². The zero-order valence-electron chi connectivity index (χ0n) is 6.54. The van der Waals surface area contributed by atoms with Crippen LogP contribution in [0.2, 0.25) is 0 Å². The molecule has 1 aromatic carbocycles. The second-order valence-corrected chi connectivity index (χ2v) is 2.72. The van der Waals surface area contributed by atoms with E-state index in [2.05, 4.69) is 11.4 Å². The average molecular weight is 156 g/mol. The Bertz CT molecular complexity index is 372. The first-order valence-corrected chi connectivity index (χ1v) is 3.84. The molecule has 0 saturated carbocycles. The van der Waals surface area contributed by atoms with E-state index in [0.717, 1.165) is 16.8 Å². The highest BCUT2D eigenvalue weighted by Crippen LogP contribution is 2.22.